The molecule has 0 bridgehead atoms. The van der Waals surface area contributed by atoms with Gasteiger partial charge in [0.1, 0.15) is 0 Å². The molecule has 4 N–H and O–H groups in total. The van der Waals surface area contributed by atoms with E-state index in [1.807, 2.05) is 0 Å². The van der Waals surface area contributed by atoms with E-state index in [0.717, 1.165) is 0 Å². The maximum atomic E-state index is 11.3. The van der Waals surface area contributed by atoms with Crippen molar-refractivity contribution in [3.05, 3.63) is 24.3 Å². The molecule has 1 aromatic carbocycles. The van der Waals surface area contributed by atoms with Gasteiger partial charge < -0.3 is 15.4 Å². The van der Waals surface area contributed by atoms with E-state index in [4.69, 9.17) is 14.6 Å². The summed E-state index contributed by atoms with van der Waals surface area (Å²) in [6, 6.07) is 5.79. The van der Waals surface area contributed by atoms with E-state index >= 15 is 0 Å². The number of anilines is 1. The molecule has 0 aromatic heterocycles. The van der Waals surface area contributed by atoms with Crippen molar-refractivity contribution in [3.63, 3.8) is 0 Å². The molecule has 0 heterocycles. The average molecular weight is 291 g/mol. The van der Waals surface area contributed by atoms with Gasteiger partial charge in [-0.25, -0.2) is 0 Å². The number of hydrogen-bond donors (Lipinski definition) is 4. The maximum Gasteiger partial charge on any atom is 0.488 e. The topological polar surface area (TPSA) is 124 Å². The minimum Gasteiger partial charge on any atom is -0.423 e. The van der Waals surface area contributed by atoms with Crippen molar-refractivity contribution in [3.8, 4) is 0 Å². The predicted molar refractivity (Wildman–Crippen MR) is 68.9 cm³/mol. The second-order valence-electron chi connectivity index (χ2n) is 3.24. The van der Waals surface area contributed by atoms with Gasteiger partial charge in [-0.1, -0.05) is 12.1 Å². The minimum absolute atomic E-state index is 0.0884. The van der Waals surface area contributed by atoms with Gasteiger partial charge in [0.15, 0.2) is 0 Å². The SMILES string of the molecule is O=C(CSS(=O)(=O)O)Nc1cccc(B(O)O)c1. The van der Waals surface area contributed by atoms with Gasteiger partial charge in [-0.3, -0.25) is 9.35 Å². The van der Waals surface area contributed by atoms with Crippen LogP contribution in [-0.2, 0) is 13.9 Å². The normalized spacial score (nSPS) is 11.1. The van der Waals surface area contributed by atoms with Crippen molar-refractivity contribution >= 4 is 44.1 Å². The lowest BCUT2D eigenvalue weighted by molar-refractivity contribution is -0.113. The smallest absolute Gasteiger partial charge is 0.423 e. The molecule has 7 nitrogen and oxygen atoms in total. The zero-order chi connectivity index (χ0) is 13.8. The molecule has 10 heteroatoms. The fraction of sp³-hybridized carbons (Fsp3) is 0.125. The molecular weight excluding hydrogens is 281 g/mol. The monoisotopic (exact) mass is 291 g/mol. The summed E-state index contributed by atoms with van der Waals surface area (Å²) >= 11 is 0. The first-order chi connectivity index (χ1) is 8.28. The lowest BCUT2D eigenvalue weighted by Gasteiger charge is -2.06. The fourth-order valence-corrected chi connectivity index (χ4v) is 2.20. The summed E-state index contributed by atoms with van der Waals surface area (Å²) in [5.74, 6) is -1.10. The van der Waals surface area contributed by atoms with Gasteiger partial charge >= 0.3 is 16.3 Å². The second-order valence-corrected chi connectivity index (χ2v) is 6.59. The van der Waals surface area contributed by atoms with Crippen LogP contribution < -0.4 is 10.8 Å². The third-order valence-corrected chi connectivity index (χ3v) is 3.73. The molecule has 1 rings (SSSR count). The first kappa shape index (κ1) is 15.0. The molecule has 0 aliphatic heterocycles. The number of nitrogens with one attached hydrogen (secondary N) is 1. The fourth-order valence-electron chi connectivity index (χ4n) is 1.10. The Balaban J connectivity index is 2.62. The van der Waals surface area contributed by atoms with Crippen LogP contribution in [-0.4, -0.2) is 41.8 Å². The van der Waals surface area contributed by atoms with Gasteiger partial charge in [0.2, 0.25) is 5.91 Å². The van der Waals surface area contributed by atoms with Crippen LogP contribution in [0.4, 0.5) is 5.69 Å². The van der Waals surface area contributed by atoms with E-state index < -0.39 is 27.9 Å². The molecule has 0 unspecified atom stereocenters. The molecule has 0 saturated heterocycles. The highest BCUT2D eigenvalue weighted by Gasteiger charge is 2.13. The molecule has 0 atom stereocenters. The molecule has 1 aromatic rings. The number of hydrogen-bond acceptors (Lipinski definition) is 6. The minimum atomic E-state index is -4.26. The van der Waals surface area contributed by atoms with Gasteiger partial charge in [0.25, 0.3) is 0 Å². The summed E-state index contributed by atoms with van der Waals surface area (Å²) in [5, 5.41) is 20.2. The van der Waals surface area contributed by atoms with E-state index in [0.29, 0.717) is 5.69 Å². The third-order valence-electron chi connectivity index (χ3n) is 1.81. The predicted octanol–water partition coefficient (Wildman–Crippen LogP) is -1.16. The van der Waals surface area contributed by atoms with Gasteiger partial charge in [0.05, 0.1) is 5.75 Å². The number of rotatable bonds is 5. The highest BCUT2D eigenvalue weighted by atomic mass is 33.1. The van der Waals surface area contributed by atoms with Gasteiger partial charge in [0, 0.05) is 16.5 Å². The zero-order valence-electron chi connectivity index (χ0n) is 8.98. The van der Waals surface area contributed by atoms with Crippen LogP contribution in [0.5, 0.6) is 0 Å². The van der Waals surface area contributed by atoms with E-state index in [9.17, 15) is 13.2 Å². The van der Waals surface area contributed by atoms with Crippen molar-refractivity contribution in [1.82, 2.24) is 0 Å². The highest BCUT2D eigenvalue weighted by Crippen LogP contribution is 2.10. The number of benzene rings is 1. The average Bonchev–Trinajstić information content (AvgIpc) is 2.26. The van der Waals surface area contributed by atoms with Crippen LogP contribution in [0.1, 0.15) is 0 Å². The van der Waals surface area contributed by atoms with Crippen LogP contribution in [0.25, 0.3) is 0 Å². The first-order valence-corrected chi connectivity index (χ1v) is 7.60. The Kier molecular flexibility index (Phi) is 5.17. The van der Waals surface area contributed by atoms with Crippen molar-refractivity contribution in [2.24, 2.45) is 0 Å². The zero-order valence-corrected chi connectivity index (χ0v) is 10.6. The van der Waals surface area contributed by atoms with Crippen LogP contribution in [0, 0.1) is 0 Å². The summed E-state index contributed by atoms with van der Waals surface area (Å²) in [6.45, 7) is 0. The summed E-state index contributed by atoms with van der Waals surface area (Å²) < 4.78 is 29.2. The molecule has 0 aliphatic carbocycles. The van der Waals surface area contributed by atoms with Crippen molar-refractivity contribution < 1.29 is 27.8 Å². The summed E-state index contributed by atoms with van der Waals surface area (Å²) in [4.78, 5) is 11.3. The molecule has 0 spiro atoms. The summed E-state index contributed by atoms with van der Waals surface area (Å²) in [6.07, 6.45) is 0. The first-order valence-electron chi connectivity index (χ1n) is 4.66. The highest BCUT2D eigenvalue weighted by molar-refractivity contribution is 8.70. The Morgan fingerprint density at radius 1 is 1.39 bits per heavy atom. The van der Waals surface area contributed by atoms with Crippen LogP contribution >= 0.6 is 10.8 Å². The summed E-state index contributed by atoms with van der Waals surface area (Å²) in [5.41, 5.74) is 0.483. The molecule has 0 radical (unpaired) electrons. The lowest BCUT2D eigenvalue weighted by atomic mass is 9.80. The standard InChI is InChI=1S/C8H10BNO6S2/c11-8(5-17-18(14,15)16)10-7-3-1-2-6(4-7)9(12)13/h1-4,12-13H,5H2,(H,10,11)(H,14,15,16). The van der Waals surface area contributed by atoms with Crippen LogP contribution in [0.3, 0.4) is 0 Å². The van der Waals surface area contributed by atoms with Crippen LogP contribution in [0.2, 0.25) is 0 Å². The Morgan fingerprint density at radius 3 is 2.61 bits per heavy atom. The molecule has 0 saturated carbocycles. The lowest BCUT2D eigenvalue weighted by Crippen LogP contribution is -2.30. The molecule has 98 valence electrons. The number of amides is 1. The Bertz CT molecular complexity index is 532. The Labute approximate surface area is 108 Å². The van der Waals surface area contributed by atoms with E-state index in [1.165, 1.54) is 24.3 Å². The van der Waals surface area contributed by atoms with Crippen molar-refractivity contribution in [2.45, 2.75) is 0 Å². The van der Waals surface area contributed by atoms with E-state index in [1.54, 1.807) is 0 Å². The van der Waals surface area contributed by atoms with Gasteiger partial charge in [-0.15, -0.1) is 0 Å². The third kappa shape index (κ3) is 5.51. The summed E-state index contributed by atoms with van der Waals surface area (Å²) in [7, 11) is -5.83. The molecule has 1 amide bonds. The Morgan fingerprint density at radius 2 is 2.06 bits per heavy atom. The van der Waals surface area contributed by atoms with Crippen LogP contribution in [0.15, 0.2) is 24.3 Å². The van der Waals surface area contributed by atoms with E-state index in [-0.39, 0.29) is 16.3 Å². The van der Waals surface area contributed by atoms with Gasteiger partial charge in [-0.05, 0) is 17.6 Å². The maximum absolute atomic E-state index is 11.3. The molecular formula is C8H10BNO6S2. The molecule has 18 heavy (non-hydrogen) atoms. The quantitative estimate of drug-likeness (QED) is 0.306. The number of carbonyl (C=O) groups excluding carboxylic acids is 1. The largest absolute Gasteiger partial charge is 0.488 e. The number of carbonyl (C=O) groups is 1. The second kappa shape index (κ2) is 6.20. The van der Waals surface area contributed by atoms with Crippen molar-refractivity contribution in [2.75, 3.05) is 11.1 Å². The van der Waals surface area contributed by atoms with Gasteiger partial charge in [-0.2, -0.15) is 8.42 Å². The molecule has 0 aliphatic rings. The van der Waals surface area contributed by atoms with Crippen molar-refractivity contribution in [1.29, 1.82) is 0 Å². The molecule has 0 fully saturated rings. The van der Waals surface area contributed by atoms with E-state index in [2.05, 4.69) is 5.32 Å². The Hall–Kier alpha value is -1.07.